The molecule has 0 nitrogen and oxygen atoms in total. The van der Waals surface area contributed by atoms with Crippen molar-refractivity contribution in [1.82, 2.24) is 0 Å². The van der Waals surface area contributed by atoms with Crippen molar-refractivity contribution >= 4 is 0 Å². The predicted molar refractivity (Wildman–Crippen MR) is 79.9 cm³/mol. The second-order valence-electron chi connectivity index (χ2n) is 6.35. The van der Waals surface area contributed by atoms with Crippen molar-refractivity contribution in [2.75, 3.05) is 0 Å². The summed E-state index contributed by atoms with van der Waals surface area (Å²) < 4.78 is 56.0. The molecule has 1 unspecified atom stereocenters. The van der Waals surface area contributed by atoms with Crippen LogP contribution in [0.4, 0.5) is 17.6 Å². The number of benzene rings is 1. The molecule has 0 heterocycles. The SMILES string of the molecule is CC.CC1CCC(C2Cc3ccc(F)c(F)c3C2(F)F)CC1. The lowest BCUT2D eigenvalue weighted by Crippen LogP contribution is -2.31. The van der Waals surface area contributed by atoms with Crippen LogP contribution in [-0.2, 0) is 12.3 Å². The first-order valence-electron chi connectivity index (χ1n) is 8.26. The summed E-state index contributed by atoms with van der Waals surface area (Å²) in [6, 6.07) is 2.27. The van der Waals surface area contributed by atoms with Crippen molar-refractivity contribution in [2.24, 2.45) is 17.8 Å². The lowest BCUT2D eigenvalue weighted by atomic mass is 9.74. The van der Waals surface area contributed by atoms with E-state index in [1.807, 2.05) is 13.8 Å². The molecule has 2 aliphatic carbocycles. The average Bonchev–Trinajstić information content (AvgIpc) is 2.78. The smallest absolute Gasteiger partial charge is 0.204 e. The summed E-state index contributed by atoms with van der Waals surface area (Å²) in [5.74, 6) is -6.16. The van der Waals surface area contributed by atoms with E-state index in [0.29, 0.717) is 5.92 Å². The maximum absolute atomic E-state index is 14.5. The first-order valence-corrected chi connectivity index (χ1v) is 8.26. The van der Waals surface area contributed by atoms with Gasteiger partial charge in [-0.3, -0.25) is 0 Å². The molecule has 4 heteroatoms. The lowest BCUT2D eigenvalue weighted by Gasteiger charge is -2.33. The molecule has 1 fully saturated rings. The molecule has 22 heavy (non-hydrogen) atoms. The highest BCUT2D eigenvalue weighted by molar-refractivity contribution is 5.39. The minimum absolute atomic E-state index is 0.0870. The average molecular weight is 316 g/mol. The molecule has 1 aromatic carbocycles. The summed E-state index contributed by atoms with van der Waals surface area (Å²) >= 11 is 0. The second kappa shape index (κ2) is 6.59. The number of hydrogen-bond acceptors (Lipinski definition) is 0. The zero-order chi connectivity index (χ0) is 16.5. The Kier molecular flexibility index (Phi) is 5.18. The zero-order valence-electron chi connectivity index (χ0n) is 13.4. The van der Waals surface area contributed by atoms with Gasteiger partial charge in [0.25, 0.3) is 5.92 Å². The van der Waals surface area contributed by atoms with Gasteiger partial charge in [0.1, 0.15) is 0 Å². The van der Waals surface area contributed by atoms with Crippen LogP contribution in [0.3, 0.4) is 0 Å². The van der Waals surface area contributed by atoms with E-state index in [2.05, 4.69) is 6.92 Å². The van der Waals surface area contributed by atoms with Crippen LogP contribution in [0, 0.1) is 29.4 Å². The normalized spacial score (nSPS) is 29.5. The van der Waals surface area contributed by atoms with Crippen LogP contribution in [0.25, 0.3) is 0 Å². The molecule has 1 atom stereocenters. The minimum Gasteiger partial charge on any atom is -0.204 e. The molecule has 2 aliphatic rings. The zero-order valence-corrected chi connectivity index (χ0v) is 13.4. The number of rotatable bonds is 1. The maximum Gasteiger partial charge on any atom is 0.279 e. The van der Waals surface area contributed by atoms with Crippen LogP contribution >= 0.6 is 0 Å². The number of alkyl halides is 2. The maximum atomic E-state index is 14.5. The number of hydrogen-bond donors (Lipinski definition) is 0. The highest BCUT2D eigenvalue weighted by Crippen LogP contribution is 2.53. The third kappa shape index (κ3) is 2.89. The van der Waals surface area contributed by atoms with E-state index in [0.717, 1.165) is 31.7 Å². The number of fused-ring (bicyclic) bond motifs is 1. The Morgan fingerprint density at radius 2 is 1.59 bits per heavy atom. The highest BCUT2D eigenvalue weighted by atomic mass is 19.3. The topological polar surface area (TPSA) is 0 Å². The summed E-state index contributed by atoms with van der Waals surface area (Å²) in [5.41, 5.74) is -0.418. The second-order valence-corrected chi connectivity index (χ2v) is 6.35. The van der Waals surface area contributed by atoms with E-state index in [4.69, 9.17) is 0 Å². The van der Waals surface area contributed by atoms with Gasteiger partial charge in [-0.25, -0.2) is 17.6 Å². The summed E-state index contributed by atoms with van der Waals surface area (Å²) in [6.07, 6.45) is 3.59. The van der Waals surface area contributed by atoms with E-state index < -0.39 is 29.0 Å². The van der Waals surface area contributed by atoms with E-state index in [9.17, 15) is 17.6 Å². The van der Waals surface area contributed by atoms with Gasteiger partial charge in [-0.2, -0.15) is 0 Å². The first kappa shape index (κ1) is 17.3. The Balaban J connectivity index is 0.000000847. The monoisotopic (exact) mass is 316 g/mol. The summed E-state index contributed by atoms with van der Waals surface area (Å²) in [5, 5.41) is 0. The molecule has 0 saturated heterocycles. The van der Waals surface area contributed by atoms with Crippen LogP contribution in [0.15, 0.2) is 12.1 Å². The van der Waals surface area contributed by atoms with Crippen molar-refractivity contribution in [3.8, 4) is 0 Å². The Morgan fingerprint density at radius 1 is 1.00 bits per heavy atom. The molecular weight excluding hydrogens is 292 g/mol. The molecule has 1 saturated carbocycles. The Morgan fingerprint density at radius 3 is 2.18 bits per heavy atom. The molecule has 1 aromatic rings. The fourth-order valence-corrected chi connectivity index (χ4v) is 3.82. The van der Waals surface area contributed by atoms with E-state index in [1.54, 1.807) is 0 Å². The van der Waals surface area contributed by atoms with Gasteiger partial charge in [0.2, 0.25) is 0 Å². The minimum atomic E-state index is -3.24. The fourth-order valence-electron chi connectivity index (χ4n) is 3.82. The molecule has 0 radical (unpaired) electrons. The van der Waals surface area contributed by atoms with Gasteiger partial charge < -0.3 is 0 Å². The molecule has 0 amide bonds. The standard InChI is InChI=1S/C16H18F4.C2H6/c1-9-2-4-10(5-3-9)12-8-11-6-7-13(17)15(18)14(11)16(12,19)20;1-2/h6-7,9-10,12H,2-5,8H2,1H3;1-2H3. The van der Waals surface area contributed by atoms with Crippen molar-refractivity contribution in [3.05, 3.63) is 34.9 Å². The molecule has 0 aromatic heterocycles. The Bertz CT molecular complexity index is 516. The van der Waals surface area contributed by atoms with Gasteiger partial charge in [-0.15, -0.1) is 0 Å². The largest absolute Gasteiger partial charge is 0.279 e. The van der Waals surface area contributed by atoms with Crippen molar-refractivity contribution in [2.45, 2.75) is 58.8 Å². The van der Waals surface area contributed by atoms with E-state index >= 15 is 0 Å². The van der Waals surface area contributed by atoms with Crippen LogP contribution in [-0.4, -0.2) is 0 Å². The summed E-state index contributed by atoms with van der Waals surface area (Å²) in [6.45, 7) is 6.13. The van der Waals surface area contributed by atoms with Gasteiger partial charge >= 0.3 is 0 Å². The third-order valence-corrected chi connectivity index (χ3v) is 5.05. The quantitative estimate of drug-likeness (QED) is 0.551. The lowest BCUT2D eigenvalue weighted by molar-refractivity contribution is -0.0839. The third-order valence-electron chi connectivity index (χ3n) is 5.05. The van der Waals surface area contributed by atoms with Gasteiger partial charge in [-0.05, 0) is 42.7 Å². The first-order chi connectivity index (χ1) is 10.4. The van der Waals surface area contributed by atoms with Crippen molar-refractivity contribution in [1.29, 1.82) is 0 Å². The Hall–Kier alpha value is -1.06. The molecule has 0 bridgehead atoms. The van der Waals surface area contributed by atoms with Crippen molar-refractivity contribution in [3.63, 3.8) is 0 Å². The summed E-state index contributed by atoms with van der Waals surface area (Å²) in [7, 11) is 0. The highest BCUT2D eigenvalue weighted by Gasteiger charge is 2.53. The van der Waals surface area contributed by atoms with Gasteiger partial charge in [0.05, 0.1) is 5.56 Å². The predicted octanol–water partition coefficient (Wildman–Crippen LogP) is 6.08. The van der Waals surface area contributed by atoms with Crippen molar-refractivity contribution < 1.29 is 17.6 Å². The van der Waals surface area contributed by atoms with E-state index in [1.165, 1.54) is 6.07 Å². The van der Waals surface area contributed by atoms with Gasteiger partial charge in [0, 0.05) is 5.92 Å². The fraction of sp³-hybridized carbons (Fsp3) is 0.667. The Labute approximate surface area is 129 Å². The molecule has 124 valence electrons. The molecule has 0 spiro atoms. The van der Waals surface area contributed by atoms with Crippen LogP contribution < -0.4 is 0 Å². The van der Waals surface area contributed by atoms with Crippen LogP contribution in [0.5, 0.6) is 0 Å². The molecule has 0 aliphatic heterocycles. The molecular formula is C18H24F4. The van der Waals surface area contributed by atoms with Gasteiger partial charge in [-0.1, -0.05) is 39.7 Å². The van der Waals surface area contributed by atoms with E-state index in [-0.39, 0.29) is 17.9 Å². The van der Waals surface area contributed by atoms with Crippen LogP contribution in [0.2, 0.25) is 0 Å². The molecule has 3 rings (SSSR count). The van der Waals surface area contributed by atoms with Gasteiger partial charge in [0.15, 0.2) is 11.6 Å². The van der Waals surface area contributed by atoms with Crippen LogP contribution in [0.1, 0.15) is 57.6 Å². The number of halogens is 4. The summed E-state index contributed by atoms with van der Waals surface area (Å²) in [4.78, 5) is 0. The molecule has 0 N–H and O–H groups in total.